The maximum atomic E-state index is 12.7. The highest BCUT2D eigenvalue weighted by molar-refractivity contribution is 5.80. The minimum atomic E-state index is -0.309. The average Bonchev–Trinajstić information content (AvgIpc) is 2.77. The molecule has 2 aliphatic rings. The van der Waals surface area contributed by atoms with Gasteiger partial charge in [-0.2, -0.15) is 0 Å². The van der Waals surface area contributed by atoms with Gasteiger partial charge in [0.25, 0.3) is 5.91 Å². The third kappa shape index (κ3) is 6.05. The standard InChI is InChI=1S/C18H34N2O3/c1-15-6-4-7-17(14-15)23-16(2)18(21)20-9-5-8-19(10-11-20)12-13-22-3/h15-17H,4-14H2,1-3H3. The van der Waals surface area contributed by atoms with E-state index in [0.29, 0.717) is 0 Å². The van der Waals surface area contributed by atoms with Crippen LogP contribution >= 0.6 is 0 Å². The van der Waals surface area contributed by atoms with E-state index in [1.807, 2.05) is 11.8 Å². The molecule has 1 aliphatic heterocycles. The number of ether oxygens (including phenoxy) is 2. The first-order valence-corrected chi connectivity index (χ1v) is 9.25. The van der Waals surface area contributed by atoms with Gasteiger partial charge in [-0.15, -0.1) is 0 Å². The van der Waals surface area contributed by atoms with Gasteiger partial charge < -0.3 is 14.4 Å². The van der Waals surface area contributed by atoms with Crippen molar-refractivity contribution in [3.05, 3.63) is 0 Å². The lowest BCUT2D eigenvalue weighted by Gasteiger charge is -2.31. The summed E-state index contributed by atoms with van der Waals surface area (Å²) in [5, 5.41) is 0. The Morgan fingerprint density at radius 1 is 1.17 bits per heavy atom. The number of nitrogens with zero attached hydrogens (tertiary/aromatic N) is 2. The van der Waals surface area contributed by atoms with Crippen LogP contribution in [0.4, 0.5) is 0 Å². The summed E-state index contributed by atoms with van der Waals surface area (Å²) in [4.78, 5) is 17.1. The summed E-state index contributed by atoms with van der Waals surface area (Å²) in [7, 11) is 1.73. The molecule has 1 saturated carbocycles. The lowest BCUT2D eigenvalue weighted by atomic mass is 9.88. The van der Waals surface area contributed by atoms with Crippen LogP contribution in [0, 0.1) is 5.92 Å². The Hall–Kier alpha value is -0.650. The lowest BCUT2D eigenvalue weighted by molar-refractivity contribution is -0.147. The molecule has 23 heavy (non-hydrogen) atoms. The van der Waals surface area contributed by atoms with Crippen molar-refractivity contribution in [2.45, 2.75) is 58.2 Å². The first kappa shape index (κ1) is 18.7. The fraction of sp³-hybridized carbons (Fsp3) is 0.944. The van der Waals surface area contributed by atoms with E-state index in [9.17, 15) is 4.79 Å². The summed E-state index contributed by atoms with van der Waals surface area (Å²) in [6, 6.07) is 0. The Morgan fingerprint density at radius 3 is 2.74 bits per heavy atom. The van der Waals surface area contributed by atoms with E-state index in [1.165, 1.54) is 12.8 Å². The molecule has 0 aromatic rings. The van der Waals surface area contributed by atoms with Gasteiger partial charge in [0.05, 0.1) is 12.7 Å². The van der Waals surface area contributed by atoms with Crippen molar-refractivity contribution >= 4 is 5.91 Å². The Labute approximate surface area is 141 Å². The van der Waals surface area contributed by atoms with E-state index in [4.69, 9.17) is 9.47 Å². The minimum absolute atomic E-state index is 0.164. The first-order chi connectivity index (χ1) is 11.1. The van der Waals surface area contributed by atoms with Crippen LogP contribution < -0.4 is 0 Å². The molecule has 0 aromatic heterocycles. The van der Waals surface area contributed by atoms with Gasteiger partial charge in [-0.05, 0) is 38.6 Å². The van der Waals surface area contributed by atoms with Gasteiger partial charge in [-0.25, -0.2) is 0 Å². The Morgan fingerprint density at radius 2 is 2.00 bits per heavy atom. The molecular weight excluding hydrogens is 292 g/mol. The number of hydrogen-bond acceptors (Lipinski definition) is 4. The SMILES string of the molecule is COCCN1CCCN(C(=O)C(C)OC2CCCC(C)C2)CC1. The highest BCUT2D eigenvalue weighted by Crippen LogP contribution is 2.26. The molecule has 0 radical (unpaired) electrons. The molecule has 1 saturated heterocycles. The second-order valence-corrected chi connectivity index (χ2v) is 7.19. The third-order valence-electron chi connectivity index (χ3n) is 5.14. The summed E-state index contributed by atoms with van der Waals surface area (Å²) in [6.45, 7) is 9.54. The van der Waals surface area contributed by atoms with Crippen LogP contribution in [0.2, 0.25) is 0 Å². The van der Waals surface area contributed by atoms with Gasteiger partial charge in [0.15, 0.2) is 0 Å². The molecule has 0 spiro atoms. The van der Waals surface area contributed by atoms with Crippen LogP contribution in [-0.4, -0.2) is 74.4 Å². The molecule has 1 amide bonds. The lowest BCUT2D eigenvalue weighted by Crippen LogP contribution is -2.43. The quantitative estimate of drug-likeness (QED) is 0.750. The predicted octanol–water partition coefficient (Wildman–Crippen LogP) is 2.15. The Bertz CT molecular complexity index is 364. The number of rotatable bonds is 6. The topological polar surface area (TPSA) is 42.0 Å². The molecule has 3 unspecified atom stereocenters. The van der Waals surface area contributed by atoms with Crippen LogP contribution in [0.3, 0.4) is 0 Å². The van der Waals surface area contributed by atoms with E-state index >= 15 is 0 Å². The number of carbonyl (C=O) groups is 1. The number of carbonyl (C=O) groups excluding carboxylic acids is 1. The van der Waals surface area contributed by atoms with Crippen LogP contribution in [0.15, 0.2) is 0 Å². The van der Waals surface area contributed by atoms with Crippen molar-refractivity contribution in [1.29, 1.82) is 0 Å². The zero-order chi connectivity index (χ0) is 16.7. The highest BCUT2D eigenvalue weighted by atomic mass is 16.5. The summed E-state index contributed by atoms with van der Waals surface area (Å²) >= 11 is 0. The third-order valence-corrected chi connectivity index (χ3v) is 5.14. The fourth-order valence-corrected chi connectivity index (χ4v) is 3.74. The Balaban J connectivity index is 1.77. The first-order valence-electron chi connectivity index (χ1n) is 9.25. The summed E-state index contributed by atoms with van der Waals surface area (Å²) in [6.07, 6.45) is 5.72. The van der Waals surface area contributed by atoms with Crippen molar-refractivity contribution in [3.63, 3.8) is 0 Å². The van der Waals surface area contributed by atoms with E-state index in [0.717, 1.165) is 64.5 Å². The van der Waals surface area contributed by atoms with E-state index in [2.05, 4.69) is 11.8 Å². The summed E-state index contributed by atoms with van der Waals surface area (Å²) < 4.78 is 11.2. The Kier molecular flexibility index (Phi) is 7.80. The van der Waals surface area contributed by atoms with E-state index in [1.54, 1.807) is 7.11 Å². The van der Waals surface area contributed by atoms with Crippen LogP contribution in [0.25, 0.3) is 0 Å². The van der Waals surface area contributed by atoms with Gasteiger partial charge in [0.1, 0.15) is 6.10 Å². The summed E-state index contributed by atoms with van der Waals surface area (Å²) in [5.41, 5.74) is 0. The van der Waals surface area contributed by atoms with Crippen LogP contribution in [-0.2, 0) is 14.3 Å². The van der Waals surface area contributed by atoms with E-state index in [-0.39, 0.29) is 18.1 Å². The zero-order valence-corrected chi connectivity index (χ0v) is 15.1. The maximum absolute atomic E-state index is 12.7. The number of amides is 1. The summed E-state index contributed by atoms with van der Waals surface area (Å²) in [5.74, 6) is 0.889. The maximum Gasteiger partial charge on any atom is 0.251 e. The van der Waals surface area contributed by atoms with Gasteiger partial charge in [0, 0.05) is 33.3 Å². The van der Waals surface area contributed by atoms with Gasteiger partial charge in [-0.3, -0.25) is 9.69 Å². The molecular formula is C18H34N2O3. The fourth-order valence-electron chi connectivity index (χ4n) is 3.74. The minimum Gasteiger partial charge on any atom is -0.383 e. The van der Waals surface area contributed by atoms with Gasteiger partial charge >= 0.3 is 0 Å². The number of hydrogen-bond donors (Lipinski definition) is 0. The molecule has 0 bridgehead atoms. The van der Waals surface area contributed by atoms with Crippen molar-refractivity contribution in [1.82, 2.24) is 9.80 Å². The molecule has 5 nitrogen and oxygen atoms in total. The second-order valence-electron chi connectivity index (χ2n) is 7.19. The van der Waals surface area contributed by atoms with Crippen molar-refractivity contribution in [2.75, 3.05) is 46.4 Å². The normalized spacial score (nSPS) is 28.4. The second kappa shape index (κ2) is 9.60. The van der Waals surface area contributed by atoms with Crippen molar-refractivity contribution in [2.24, 2.45) is 5.92 Å². The predicted molar refractivity (Wildman–Crippen MR) is 91.5 cm³/mol. The zero-order valence-electron chi connectivity index (χ0n) is 15.1. The smallest absolute Gasteiger partial charge is 0.251 e. The molecule has 0 aromatic carbocycles. The monoisotopic (exact) mass is 326 g/mol. The van der Waals surface area contributed by atoms with Gasteiger partial charge in [-0.1, -0.05) is 19.8 Å². The van der Waals surface area contributed by atoms with E-state index < -0.39 is 0 Å². The van der Waals surface area contributed by atoms with Crippen LogP contribution in [0.1, 0.15) is 46.0 Å². The number of methoxy groups -OCH3 is 1. The average molecular weight is 326 g/mol. The molecule has 2 rings (SSSR count). The largest absolute Gasteiger partial charge is 0.383 e. The molecule has 1 heterocycles. The molecule has 0 N–H and O–H groups in total. The van der Waals surface area contributed by atoms with Crippen molar-refractivity contribution in [3.8, 4) is 0 Å². The van der Waals surface area contributed by atoms with Gasteiger partial charge in [0.2, 0.25) is 0 Å². The van der Waals surface area contributed by atoms with Crippen LogP contribution in [0.5, 0.6) is 0 Å². The molecule has 1 aliphatic carbocycles. The molecule has 3 atom stereocenters. The molecule has 5 heteroatoms. The molecule has 2 fully saturated rings. The van der Waals surface area contributed by atoms with Crippen molar-refractivity contribution < 1.29 is 14.3 Å². The highest BCUT2D eigenvalue weighted by Gasteiger charge is 2.27. The molecule has 134 valence electrons.